The van der Waals surface area contributed by atoms with Gasteiger partial charge in [0.1, 0.15) is 19.3 Å². The van der Waals surface area contributed by atoms with Crippen LogP contribution in [0, 0.1) is 11.8 Å². The first kappa shape index (κ1) is 106. The summed E-state index contributed by atoms with van der Waals surface area (Å²) in [4.78, 5) is 73.3. The van der Waals surface area contributed by atoms with Crippen LogP contribution in [0.5, 0.6) is 0 Å². The number of phosphoric ester groups is 2. The molecule has 0 rings (SSSR count). The van der Waals surface area contributed by atoms with Crippen LogP contribution >= 0.6 is 15.6 Å². The Morgan fingerprint density at radius 1 is 0.296 bits per heavy atom. The van der Waals surface area contributed by atoms with Gasteiger partial charge in [-0.25, -0.2) is 9.13 Å². The van der Waals surface area contributed by atoms with Crippen molar-refractivity contribution in [3.05, 3.63) is 24.3 Å². The highest BCUT2D eigenvalue weighted by atomic mass is 31.2. The molecule has 0 heterocycles. The Balaban J connectivity index is 5.27. The molecule has 17 nitrogen and oxygen atoms in total. The number of hydrogen-bond donors (Lipinski definition) is 3. The SMILES string of the molecule is CCCCCC/C=C\C=C/CCCCCCCC(=O)O[C@H](COC(=O)CCCCCCCCCCC(C)CC)COP(=O)(O)OC[C@H](O)COP(=O)(O)OC[C@@H](COC(=O)CCCCCCCCCCCCCCCCCCCCC)OC(=O)CCCCCCCCCCCCCCCCCCCCC(C)CC. The van der Waals surface area contributed by atoms with Gasteiger partial charge in [-0.3, -0.25) is 37.3 Å². The largest absolute Gasteiger partial charge is 0.472 e. The van der Waals surface area contributed by atoms with E-state index < -0.39 is 97.5 Å². The molecule has 0 fully saturated rings. The van der Waals surface area contributed by atoms with Crippen molar-refractivity contribution in [3.63, 3.8) is 0 Å². The average molecular weight is 1570 g/mol. The van der Waals surface area contributed by atoms with Crippen molar-refractivity contribution in [1.29, 1.82) is 0 Å². The zero-order chi connectivity index (χ0) is 79.2. The Labute approximate surface area is 663 Å². The van der Waals surface area contributed by atoms with Crippen LogP contribution in [-0.2, 0) is 65.4 Å². The Bertz CT molecular complexity index is 2160. The normalized spacial score (nSPS) is 14.4. The van der Waals surface area contributed by atoms with E-state index in [1.165, 1.54) is 257 Å². The van der Waals surface area contributed by atoms with Crippen LogP contribution in [-0.4, -0.2) is 96.7 Å². The van der Waals surface area contributed by atoms with Gasteiger partial charge < -0.3 is 33.8 Å². The molecular formula is C89H170O17P2. The minimum Gasteiger partial charge on any atom is -0.462 e. The molecule has 0 aromatic heterocycles. The number of carbonyl (C=O) groups excluding carboxylic acids is 4. The van der Waals surface area contributed by atoms with E-state index >= 15 is 0 Å². The Kier molecular flexibility index (Phi) is 77.9. The first-order valence-corrected chi connectivity index (χ1v) is 48.4. The third kappa shape index (κ3) is 78.8. The molecule has 638 valence electrons. The van der Waals surface area contributed by atoms with Gasteiger partial charge in [-0.05, 0) is 63.2 Å². The van der Waals surface area contributed by atoms with Crippen molar-refractivity contribution in [1.82, 2.24) is 0 Å². The molecule has 3 N–H and O–H groups in total. The van der Waals surface area contributed by atoms with E-state index in [1.807, 2.05) is 0 Å². The highest BCUT2D eigenvalue weighted by molar-refractivity contribution is 7.47. The van der Waals surface area contributed by atoms with E-state index in [-0.39, 0.29) is 25.7 Å². The fourth-order valence-corrected chi connectivity index (χ4v) is 14.9. The fraction of sp³-hybridized carbons (Fsp3) is 0.910. The molecule has 0 aliphatic rings. The summed E-state index contributed by atoms with van der Waals surface area (Å²) in [5.74, 6) is -0.485. The van der Waals surface area contributed by atoms with Gasteiger partial charge in [-0.2, -0.15) is 0 Å². The van der Waals surface area contributed by atoms with E-state index in [9.17, 15) is 43.2 Å². The lowest BCUT2D eigenvalue weighted by molar-refractivity contribution is -0.161. The van der Waals surface area contributed by atoms with Crippen molar-refractivity contribution in [2.24, 2.45) is 11.8 Å². The lowest BCUT2D eigenvalue weighted by Crippen LogP contribution is -2.30. The van der Waals surface area contributed by atoms with Gasteiger partial charge in [0.2, 0.25) is 0 Å². The smallest absolute Gasteiger partial charge is 0.462 e. The molecule has 0 bridgehead atoms. The topological polar surface area (TPSA) is 237 Å². The molecule has 4 unspecified atom stereocenters. The molecule has 108 heavy (non-hydrogen) atoms. The minimum absolute atomic E-state index is 0.0849. The third-order valence-corrected chi connectivity index (χ3v) is 23.0. The number of carbonyl (C=O) groups is 4. The summed E-state index contributed by atoms with van der Waals surface area (Å²) < 4.78 is 68.9. The van der Waals surface area contributed by atoms with Gasteiger partial charge in [0.15, 0.2) is 12.2 Å². The molecule has 0 saturated carbocycles. The van der Waals surface area contributed by atoms with Crippen LogP contribution in [0.1, 0.15) is 452 Å². The Morgan fingerprint density at radius 2 is 0.519 bits per heavy atom. The molecule has 7 atom stereocenters. The average Bonchev–Trinajstić information content (AvgIpc) is 0.898. The monoisotopic (exact) mass is 1570 g/mol. The molecule has 0 aromatic carbocycles. The van der Waals surface area contributed by atoms with Crippen molar-refractivity contribution >= 4 is 39.5 Å². The first-order valence-electron chi connectivity index (χ1n) is 45.4. The Morgan fingerprint density at radius 3 is 0.787 bits per heavy atom. The van der Waals surface area contributed by atoms with Crippen LogP contribution in [0.2, 0.25) is 0 Å². The predicted octanol–water partition coefficient (Wildman–Crippen LogP) is 27.0. The molecular weight excluding hydrogens is 1400 g/mol. The van der Waals surface area contributed by atoms with Gasteiger partial charge in [0, 0.05) is 25.7 Å². The number of esters is 4. The molecule has 0 amide bonds. The standard InChI is InChI=1S/C89H170O17P2/c1-7-11-13-15-17-19-21-23-25-26-27-31-35-38-42-46-53-59-65-71-86(91)99-77-84(105-88(93)74-68-62-56-48-44-40-36-32-29-28-30-34-37-41-45-51-57-63-69-81(5)9-3)79-103-107(95,96)101-75-83(90)76-102-108(97,98)104-80-85(78-100-87(92)72-66-60-54-50-49-52-58-64-70-82(6)10-4)106-89(94)73-67-61-55-47-43-39-33-24-22-20-18-16-14-12-8-2/h20,22,24,33,81-85,90H,7-19,21,23,25-32,34-80H2,1-6H3,(H,95,96)(H,97,98)/b22-20-,33-24-/t81?,82?,83-,84-,85-/m1/s1. The van der Waals surface area contributed by atoms with Gasteiger partial charge in [-0.1, -0.05) is 400 Å². The van der Waals surface area contributed by atoms with Crippen LogP contribution < -0.4 is 0 Å². The van der Waals surface area contributed by atoms with Crippen molar-refractivity contribution in [2.45, 2.75) is 471 Å². The van der Waals surface area contributed by atoms with E-state index in [0.717, 1.165) is 115 Å². The van der Waals surface area contributed by atoms with Crippen molar-refractivity contribution in [2.75, 3.05) is 39.6 Å². The first-order chi connectivity index (χ1) is 52.4. The lowest BCUT2D eigenvalue weighted by atomic mass is 9.99. The zero-order valence-corrected chi connectivity index (χ0v) is 72.4. The molecule has 0 spiro atoms. The summed E-state index contributed by atoms with van der Waals surface area (Å²) in [7, 11) is -9.95. The summed E-state index contributed by atoms with van der Waals surface area (Å²) in [6.45, 7) is 9.69. The maximum absolute atomic E-state index is 13.2. The van der Waals surface area contributed by atoms with Crippen LogP contribution in [0.25, 0.3) is 0 Å². The second-order valence-corrected chi connectivity index (χ2v) is 34.7. The quantitative estimate of drug-likeness (QED) is 0.0169. The van der Waals surface area contributed by atoms with Crippen molar-refractivity contribution < 1.29 is 80.2 Å². The lowest BCUT2D eigenvalue weighted by Gasteiger charge is -2.21. The third-order valence-electron chi connectivity index (χ3n) is 21.1. The number of aliphatic hydroxyl groups excluding tert-OH is 1. The second kappa shape index (κ2) is 79.8. The molecule has 0 aliphatic heterocycles. The second-order valence-electron chi connectivity index (χ2n) is 31.8. The highest BCUT2D eigenvalue weighted by Gasteiger charge is 2.30. The maximum Gasteiger partial charge on any atom is 0.472 e. The number of rotatable bonds is 86. The molecule has 19 heteroatoms. The predicted molar refractivity (Wildman–Crippen MR) is 446 cm³/mol. The van der Waals surface area contributed by atoms with Gasteiger partial charge in [-0.15, -0.1) is 0 Å². The minimum atomic E-state index is -4.97. The molecule has 0 saturated heterocycles. The summed E-state index contributed by atoms with van der Waals surface area (Å²) in [5, 5.41) is 10.7. The van der Waals surface area contributed by atoms with Crippen LogP contribution in [0.3, 0.4) is 0 Å². The van der Waals surface area contributed by atoms with Crippen LogP contribution in [0.4, 0.5) is 0 Å². The van der Waals surface area contributed by atoms with E-state index in [0.29, 0.717) is 25.7 Å². The number of ether oxygens (including phenoxy) is 4. The number of hydrogen-bond acceptors (Lipinski definition) is 15. The Hall–Kier alpha value is -2.46. The summed E-state index contributed by atoms with van der Waals surface area (Å²) in [6.07, 6.45) is 75.8. The summed E-state index contributed by atoms with van der Waals surface area (Å²) >= 11 is 0. The summed E-state index contributed by atoms with van der Waals surface area (Å²) in [5.41, 5.74) is 0. The molecule has 0 aliphatic carbocycles. The van der Waals surface area contributed by atoms with Crippen LogP contribution in [0.15, 0.2) is 24.3 Å². The number of unbranched alkanes of at least 4 members (excludes halogenated alkanes) is 51. The number of allylic oxidation sites excluding steroid dienone is 4. The maximum atomic E-state index is 13.2. The highest BCUT2D eigenvalue weighted by Crippen LogP contribution is 2.45. The number of aliphatic hydroxyl groups is 1. The van der Waals surface area contributed by atoms with E-state index in [4.69, 9.17) is 37.0 Å². The molecule has 0 radical (unpaired) electrons. The zero-order valence-electron chi connectivity index (χ0n) is 70.6. The summed E-state index contributed by atoms with van der Waals surface area (Å²) in [6, 6.07) is 0. The van der Waals surface area contributed by atoms with Gasteiger partial charge in [0.05, 0.1) is 26.4 Å². The molecule has 0 aromatic rings. The van der Waals surface area contributed by atoms with Gasteiger partial charge in [0.25, 0.3) is 0 Å². The number of phosphoric acid groups is 2. The van der Waals surface area contributed by atoms with E-state index in [1.54, 1.807) is 0 Å². The van der Waals surface area contributed by atoms with E-state index in [2.05, 4.69) is 65.8 Å². The van der Waals surface area contributed by atoms with Crippen molar-refractivity contribution in [3.8, 4) is 0 Å². The van der Waals surface area contributed by atoms with Gasteiger partial charge >= 0.3 is 39.5 Å². The fourth-order valence-electron chi connectivity index (χ4n) is 13.3.